The van der Waals surface area contributed by atoms with Crippen LogP contribution in [0, 0.1) is 11.6 Å². The molecule has 1 heterocycles. The van der Waals surface area contributed by atoms with Gasteiger partial charge in [0, 0.05) is 15.6 Å². The smallest absolute Gasteiger partial charge is 0.319 e. The first-order valence-electron chi connectivity index (χ1n) is 9.68. The highest BCUT2D eigenvalue weighted by atomic mass is 79.9. The maximum atomic E-state index is 14.3. The zero-order valence-electron chi connectivity index (χ0n) is 16.9. The van der Waals surface area contributed by atoms with Crippen LogP contribution >= 0.6 is 15.9 Å². The van der Waals surface area contributed by atoms with Crippen molar-refractivity contribution in [3.05, 3.63) is 94.0 Å². The Labute approximate surface area is 191 Å². The first kappa shape index (κ1) is 21.8. The van der Waals surface area contributed by atoms with Gasteiger partial charge in [0.25, 0.3) is 5.91 Å². The van der Waals surface area contributed by atoms with Crippen LogP contribution in [0.5, 0.6) is 0 Å². The minimum absolute atomic E-state index is 0.301. The van der Waals surface area contributed by atoms with Crippen LogP contribution < -0.4 is 5.32 Å². The van der Waals surface area contributed by atoms with E-state index in [1.165, 1.54) is 6.92 Å². The summed E-state index contributed by atoms with van der Waals surface area (Å²) in [5.41, 5.74) is 0.0728. The molecule has 32 heavy (non-hydrogen) atoms. The van der Waals surface area contributed by atoms with Crippen molar-refractivity contribution < 1.29 is 23.2 Å². The molecule has 3 aromatic rings. The lowest BCUT2D eigenvalue weighted by Crippen LogP contribution is -2.42. The summed E-state index contributed by atoms with van der Waals surface area (Å²) in [6, 6.07) is 16.3. The van der Waals surface area contributed by atoms with E-state index in [-0.39, 0.29) is 5.56 Å². The van der Waals surface area contributed by atoms with Crippen molar-refractivity contribution in [2.24, 2.45) is 0 Å². The fourth-order valence-corrected chi connectivity index (χ4v) is 3.89. The Balaban J connectivity index is 1.53. The van der Waals surface area contributed by atoms with Gasteiger partial charge in [0.2, 0.25) is 0 Å². The second-order valence-corrected chi connectivity index (χ2v) is 8.49. The molecule has 1 N–H and O–H groups in total. The van der Waals surface area contributed by atoms with E-state index in [1.807, 2.05) is 24.3 Å². The molecule has 8 heteroatoms. The Bertz CT molecular complexity index is 1230. The van der Waals surface area contributed by atoms with Gasteiger partial charge in [-0.2, -0.15) is 0 Å². The number of Topliss-reactive ketones (excluding diaryl/α,β-unsaturated/α-hetero) is 1. The fourth-order valence-electron chi connectivity index (χ4n) is 3.63. The Morgan fingerprint density at radius 1 is 0.969 bits per heavy atom. The van der Waals surface area contributed by atoms with E-state index in [0.29, 0.717) is 5.56 Å². The average Bonchev–Trinajstić information content (AvgIpc) is 2.99. The Hall–Kier alpha value is -3.39. The molecule has 1 atom stereocenters. The second-order valence-electron chi connectivity index (χ2n) is 7.58. The molecule has 0 radical (unpaired) electrons. The van der Waals surface area contributed by atoms with Crippen molar-refractivity contribution in [1.29, 1.82) is 0 Å². The molecule has 3 aromatic carbocycles. The van der Waals surface area contributed by atoms with Gasteiger partial charge in [-0.1, -0.05) is 52.3 Å². The molecule has 0 spiro atoms. The summed E-state index contributed by atoms with van der Waals surface area (Å²) < 4.78 is 28.9. The molecule has 0 aromatic heterocycles. The Kier molecular flexibility index (Phi) is 5.64. The largest absolute Gasteiger partial charge is 0.325 e. The van der Waals surface area contributed by atoms with Crippen LogP contribution in [0.3, 0.4) is 0 Å². The number of ketones is 1. The molecular weight excluding hydrogens is 482 g/mol. The first-order chi connectivity index (χ1) is 15.2. The summed E-state index contributed by atoms with van der Waals surface area (Å²) in [6.07, 6.45) is 0. The molecule has 4 rings (SSSR count). The summed E-state index contributed by atoms with van der Waals surface area (Å²) in [4.78, 5) is 38.8. The van der Waals surface area contributed by atoms with Gasteiger partial charge in [-0.15, -0.1) is 0 Å². The van der Waals surface area contributed by atoms with Gasteiger partial charge >= 0.3 is 6.03 Å². The third kappa shape index (κ3) is 3.93. The molecule has 1 saturated heterocycles. The van der Waals surface area contributed by atoms with Crippen molar-refractivity contribution in [2.75, 3.05) is 6.54 Å². The van der Waals surface area contributed by atoms with Gasteiger partial charge in [-0.25, -0.2) is 13.6 Å². The van der Waals surface area contributed by atoms with Crippen LogP contribution in [0.1, 0.15) is 22.8 Å². The number of carbonyl (C=O) groups is 3. The van der Waals surface area contributed by atoms with Crippen LogP contribution in [0.25, 0.3) is 11.1 Å². The number of hydrogen-bond donors (Lipinski definition) is 1. The monoisotopic (exact) mass is 498 g/mol. The standard InChI is InChI=1S/C24H17BrF2N2O3/c1-24(19-12-18(26)10-11-20(19)27)22(31)29(23(32)28-24)13-21(30)16-4-2-14(3-5-16)15-6-8-17(25)9-7-15/h2-12H,13H2,1H3,(H,28,32). The number of urea groups is 1. The number of halogens is 3. The van der Waals surface area contributed by atoms with Crippen molar-refractivity contribution in [3.63, 3.8) is 0 Å². The maximum Gasteiger partial charge on any atom is 0.325 e. The van der Waals surface area contributed by atoms with E-state index in [1.54, 1.807) is 24.3 Å². The SMILES string of the molecule is CC1(c2cc(F)ccc2F)NC(=O)N(CC(=O)c2ccc(-c3ccc(Br)cc3)cc2)C1=O. The van der Waals surface area contributed by atoms with E-state index >= 15 is 0 Å². The van der Waals surface area contributed by atoms with E-state index in [0.717, 1.165) is 38.7 Å². The number of nitrogens with one attached hydrogen (secondary N) is 1. The van der Waals surface area contributed by atoms with Gasteiger partial charge in [0.1, 0.15) is 17.2 Å². The van der Waals surface area contributed by atoms with Crippen LogP contribution in [0.15, 0.2) is 71.2 Å². The molecule has 162 valence electrons. The normalized spacial score (nSPS) is 18.1. The van der Waals surface area contributed by atoms with E-state index in [2.05, 4.69) is 21.2 Å². The number of benzene rings is 3. The van der Waals surface area contributed by atoms with Crippen LogP contribution in [0.4, 0.5) is 13.6 Å². The highest BCUT2D eigenvalue weighted by Gasteiger charge is 2.50. The third-order valence-corrected chi connectivity index (χ3v) is 5.96. The molecule has 1 aliphatic rings. The van der Waals surface area contributed by atoms with Gasteiger partial charge in [-0.3, -0.25) is 14.5 Å². The number of hydrogen-bond acceptors (Lipinski definition) is 3. The summed E-state index contributed by atoms with van der Waals surface area (Å²) in [5.74, 6) is -2.86. The second kappa shape index (κ2) is 8.27. The number of amides is 3. The molecule has 3 amide bonds. The van der Waals surface area contributed by atoms with Crippen molar-refractivity contribution in [3.8, 4) is 11.1 Å². The predicted molar refractivity (Wildman–Crippen MR) is 118 cm³/mol. The minimum Gasteiger partial charge on any atom is -0.319 e. The molecular formula is C24H17BrF2N2O3. The molecule has 5 nitrogen and oxygen atoms in total. The highest BCUT2D eigenvalue weighted by molar-refractivity contribution is 9.10. The average molecular weight is 499 g/mol. The fraction of sp³-hybridized carbons (Fsp3) is 0.125. The number of carbonyl (C=O) groups excluding carboxylic acids is 3. The third-order valence-electron chi connectivity index (χ3n) is 5.43. The van der Waals surface area contributed by atoms with Crippen LogP contribution in [-0.4, -0.2) is 29.2 Å². The summed E-state index contributed by atoms with van der Waals surface area (Å²) in [5, 5.41) is 2.38. The summed E-state index contributed by atoms with van der Waals surface area (Å²) in [7, 11) is 0. The topological polar surface area (TPSA) is 66.5 Å². The van der Waals surface area contributed by atoms with Crippen molar-refractivity contribution in [1.82, 2.24) is 10.2 Å². The first-order valence-corrected chi connectivity index (χ1v) is 10.5. The molecule has 0 aliphatic carbocycles. The van der Waals surface area contributed by atoms with Gasteiger partial charge in [0.15, 0.2) is 5.78 Å². The van der Waals surface area contributed by atoms with Gasteiger partial charge < -0.3 is 5.32 Å². The molecule has 1 unspecified atom stereocenters. The quantitative estimate of drug-likeness (QED) is 0.395. The Morgan fingerprint density at radius 3 is 2.19 bits per heavy atom. The lowest BCUT2D eigenvalue weighted by Gasteiger charge is -2.22. The summed E-state index contributed by atoms with van der Waals surface area (Å²) in [6.45, 7) is 0.761. The number of nitrogens with zero attached hydrogens (tertiary/aromatic N) is 1. The van der Waals surface area contributed by atoms with E-state index in [4.69, 9.17) is 0 Å². The van der Waals surface area contributed by atoms with E-state index in [9.17, 15) is 23.2 Å². The maximum absolute atomic E-state index is 14.3. The van der Waals surface area contributed by atoms with Crippen LogP contribution in [-0.2, 0) is 10.3 Å². The number of rotatable bonds is 5. The lowest BCUT2D eigenvalue weighted by molar-refractivity contribution is -0.130. The van der Waals surface area contributed by atoms with Crippen molar-refractivity contribution >= 4 is 33.7 Å². The minimum atomic E-state index is -1.81. The lowest BCUT2D eigenvalue weighted by atomic mass is 9.91. The molecule has 1 aliphatic heterocycles. The predicted octanol–water partition coefficient (Wildman–Crippen LogP) is 5.04. The van der Waals surface area contributed by atoms with E-state index < -0.39 is 41.4 Å². The van der Waals surface area contributed by atoms with Crippen LogP contribution in [0.2, 0.25) is 0 Å². The zero-order valence-corrected chi connectivity index (χ0v) is 18.4. The molecule has 1 fully saturated rings. The Morgan fingerprint density at radius 2 is 1.56 bits per heavy atom. The van der Waals surface area contributed by atoms with Gasteiger partial charge in [0.05, 0.1) is 6.54 Å². The highest BCUT2D eigenvalue weighted by Crippen LogP contribution is 2.31. The van der Waals surface area contributed by atoms with Gasteiger partial charge in [-0.05, 0) is 48.4 Å². The zero-order chi connectivity index (χ0) is 23.0. The molecule has 0 saturated carbocycles. The van der Waals surface area contributed by atoms with Crippen molar-refractivity contribution in [2.45, 2.75) is 12.5 Å². The number of imide groups is 1. The summed E-state index contributed by atoms with van der Waals surface area (Å²) >= 11 is 3.38. The molecule has 0 bridgehead atoms.